The average Bonchev–Trinajstić information content (AvgIpc) is 3.10. The molecule has 7 nitrogen and oxygen atoms in total. The quantitative estimate of drug-likeness (QED) is 0.321. The van der Waals surface area contributed by atoms with Crippen LogP contribution in [0.25, 0.3) is 6.08 Å². The highest BCUT2D eigenvalue weighted by Gasteiger charge is 2.17. The van der Waals surface area contributed by atoms with Crippen molar-refractivity contribution in [3.63, 3.8) is 0 Å². The fourth-order valence-electron chi connectivity index (χ4n) is 3.33. The molecule has 1 heterocycles. The maximum absolute atomic E-state index is 11.9. The minimum absolute atomic E-state index is 0.0336. The van der Waals surface area contributed by atoms with E-state index in [1.807, 2.05) is 41.8 Å². The van der Waals surface area contributed by atoms with Gasteiger partial charge in [-0.2, -0.15) is 0 Å². The first-order chi connectivity index (χ1) is 14.5. The predicted octanol–water partition coefficient (Wildman–Crippen LogP) is 4.50. The molecule has 0 bridgehead atoms. The van der Waals surface area contributed by atoms with Crippen LogP contribution in [0.2, 0.25) is 0 Å². The molecule has 3 aromatic rings. The maximum Gasteiger partial charge on any atom is 0.331 e. The molecule has 0 aliphatic heterocycles. The van der Waals surface area contributed by atoms with Crippen LogP contribution in [-0.2, 0) is 24.2 Å². The Morgan fingerprint density at radius 3 is 2.53 bits per heavy atom. The molecular weight excluding hydrogens is 382 g/mol. The first-order valence-electron chi connectivity index (χ1n) is 9.74. The Bertz CT molecular complexity index is 1070. The van der Waals surface area contributed by atoms with Crippen LogP contribution in [0, 0.1) is 10.1 Å². The number of nitro groups is 1. The van der Waals surface area contributed by atoms with E-state index in [4.69, 9.17) is 0 Å². The normalized spacial score (nSPS) is 11.4. The van der Waals surface area contributed by atoms with Gasteiger partial charge in [-0.15, -0.1) is 0 Å². The van der Waals surface area contributed by atoms with Crippen LogP contribution in [0.15, 0.2) is 66.4 Å². The molecule has 0 saturated heterocycles. The zero-order valence-corrected chi connectivity index (χ0v) is 16.7. The maximum atomic E-state index is 11.9. The van der Waals surface area contributed by atoms with E-state index in [1.165, 1.54) is 6.07 Å². The molecule has 154 valence electrons. The Morgan fingerprint density at radius 1 is 1.17 bits per heavy atom. The Labute approximate surface area is 174 Å². The van der Waals surface area contributed by atoms with Gasteiger partial charge in [0.15, 0.2) is 0 Å². The molecule has 0 saturated carbocycles. The molecule has 0 spiro atoms. The van der Waals surface area contributed by atoms with Gasteiger partial charge in [0.25, 0.3) is 5.69 Å². The highest BCUT2D eigenvalue weighted by atomic mass is 16.6. The van der Waals surface area contributed by atoms with E-state index in [0.717, 1.165) is 17.8 Å². The van der Waals surface area contributed by atoms with Gasteiger partial charge in [0.1, 0.15) is 5.82 Å². The molecule has 0 fully saturated rings. The van der Waals surface area contributed by atoms with Crippen LogP contribution in [-0.4, -0.2) is 25.6 Å². The molecular formula is C23H23N3O4. The van der Waals surface area contributed by atoms with Gasteiger partial charge in [0, 0.05) is 30.0 Å². The molecule has 2 aromatic carbocycles. The fraction of sp³-hybridized carbons (Fsp3) is 0.217. The Balaban J connectivity index is 2.02. The molecule has 0 unspecified atom stereocenters. The summed E-state index contributed by atoms with van der Waals surface area (Å²) in [5.41, 5.74) is 2.32. The monoisotopic (exact) mass is 405 g/mol. The molecule has 3 rings (SSSR count). The van der Waals surface area contributed by atoms with Gasteiger partial charge in [-0.1, -0.05) is 55.5 Å². The van der Waals surface area contributed by atoms with Crippen molar-refractivity contribution in [2.24, 2.45) is 0 Å². The van der Waals surface area contributed by atoms with Gasteiger partial charge in [-0.05, 0) is 18.1 Å². The van der Waals surface area contributed by atoms with Crippen LogP contribution in [0.4, 0.5) is 5.69 Å². The summed E-state index contributed by atoms with van der Waals surface area (Å²) in [6.07, 6.45) is 5.06. The average molecular weight is 405 g/mol. The number of hydrogen-bond donors (Lipinski definition) is 1. The third-order valence-electron chi connectivity index (χ3n) is 4.79. The van der Waals surface area contributed by atoms with E-state index in [0.29, 0.717) is 17.7 Å². The lowest BCUT2D eigenvalue weighted by Gasteiger charge is -2.11. The first-order valence-corrected chi connectivity index (χ1v) is 9.74. The van der Waals surface area contributed by atoms with Gasteiger partial charge in [-0.25, -0.2) is 9.78 Å². The number of carboxylic acid groups (broad SMARTS) is 1. The molecule has 7 heteroatoms. The summed E-state index contributed by atoms with van der Waals surface area (Å²) < 4.78 is 1.86. The third-order valence-corrected chi connectivity index (χ3v) is 4.79. The summed E-state index contributed by atoms with van der Waals surface area (Å²) in [4.78, 5) is 27.3. The van der Waals surface area contributed by atoms with E-state index in [-0.39, 0.29) is 24.2 Å². The lowest BCUT2D eigenvalue weighted by atomic mass is 10.0. The number of aryl methyl sites for hydroxylation is 1. The molecule has 1 N–H and O–H groups in total. The summed E-state index contributed by atoms with van der Waals surface area (Å²) in [6, 6.07) is 15.9. The number of carboxylic acids is 1. The van der Waals surface area contributed by atoms with Crippen LogP contribution in [0.3, 0.4) is 0 Å². The summed E-state index contributed by atoms with van der Waals surface area (Å²) >= 11 is 0. The first kappa shape index (κ1) is 21.0. The van der Waals surface area contributed by atoms with E-state index in [9.17, 15) is 20.0 Å². The van der Waals surface area contributed by atoms with Gasteiger partial charge in [0.05, 0.1) is 23.4 Å². The number of nitrogens with zero attached hydrogens (tertiary/aromatic N) is 3. The lowest BCUT2D eigenvalue weighted by Crippen LogP contribution is -2.10. The number of imidazole rings is 1. The number of nitro benzene ring substituents is 1. The van der Waals surface area contributed by atoms with E-state index < -0.39 is 10.9 Å². The van der Waals surface area contributed by atoms with Gasteiger partial charge in [0.2, 0.25) is 0 Å². The second-order valence-electron chi connectivity index (χ2n) is 6.96. The van der Waals surface area contributed by atoms with Crippen molar-refractivity contribution in [3.8, 4) is 0 Å². The SMILES string of the molecule is CCCc1ncc(C=C(Cc2ccccc2)C(=O)O)n1Cc1ccccc1[N+](=O)[O-]. The van der Waals surface area contributed by atoms with Crippen LogP contribution in [0.1, 0.15) is 36.0 Å². The highest BCUT2D eigenvalue weighted by Crippen LogP contribution is 2.22. The fourth-order valence-corrected chi connectivity index (χ4v) is 3.33. The van der Waals surface area contributed by atoms with E-state index in [1.54, 1.807) is 30.5 Å². The van der Waals surface area contributed by atoms with Crippen molar-refractivity contribution in [2.45, 2.75) is 32.7 Å². The largest absolute Gasteiger partial charge is 0.478 e. The third kappa shape index (κ3) is 5.00. The van der Waals surface area contributed by atoms with E-state index >= 15 is 0 Å². The molecule has 0 radical (unpaired) electrons. The second kappa shape index (κ2) is 9.65. The van der Waals surface area contributed by atoms with Gasteiger partial charge < -0.3 is 9.67 Å². The van der Waals surface area contributed by atoms with Crippen molar-refractivity contribution in [2.75, 3.05) is 0 Å². The van der Waals surface area contributed by atoms with Crippen molar-refractivity contribution >= 4 is 17.7 Å². The minimum atomic E-state index is -1.01. The van der Waals surface area contributed by atoms with Crippen molar-refractivity contribution < 1.29 is 14.8 Å². The lowest BCUT2D eigenvalue weighted by molar-refractivity contribution is -0.385. The zero-order valence-electron chi connectivity index (χ0n) is 16.7. The van der Waals surface area contributed by atoms with Crippen LogP contribution < -0.4 is 0 Å². The molecule has 0 atom stereocenters. The number of hydrogen-bond acceptors (Lipinski definition) is 4. The molecule has 0 amide bonds. The smallest absolute Gasteiger partial charge is 0.331 e. The zero-order chi connectivity index (χ0) is 21.5. The number of benzene rings is 2. The number of aromatic nitrogens is 2. The minimum Gasteiger partial charge on any atom is -0.478 e. The van der Waals surface area contributed by atoms with Crippen molar-refractivity contribution in [1.82, 2.24) is 9.55 Å². The summed E-state index contributed by atoms with van der Waals surface area (Å²) in [5, 5.41) is 21.1. The standard InChI is InChI=1S/C23H23N3O4/c1-2-8-22-24-15-20(14-19(23(27)28)13-17-9-4-3-5-10-17)25(22)16-18-11-6-7-12-21(18)26(29)30/h3-7,9-12,14-15H,2,8,13,16H2,1H3,(H,27,28). The molecule has 1 aromatic heterocycles. The number of aliphatic carboxylic acids is 1. The van der Waals surface area contributed by atoms with Gasteiger partial charge in [-0.3, -0.25) is 10.1 Å². The number of para-hydroxylation sites is 1. The predicted molar refractivity (Wildman–Crippen MR) is 114 cm³/mol. The Kier molecular flexibility index (Phi) is 6.75. The summed E-state index contributed by atoms with van der Waals surface area (Å²) in [6.45, 7) is 2.27. The van der Waals surface area contributed by atoms with Crippen LogP contribution >= 0.6 is 0 Å². The molecule has 0 aliphatic rings. The summed E-state index contributed by atoms with van der Waals surface area (Å²) in [7, 11) is 0. The van der Waals surface area contributed by atoms with Crippen molar-refractivity contribution in [1.29, 1.82) is 0 Å². The number of carbonyl (C=O) groups is 1. The Hall–Kier alpha value is -3.74. The second-order valence-corrected chi connectivity index (χ2v) is 6.96. The molecule has 30 heavy (non-hydrogen) atoms. The van der Waals surface area contributed by atoms with Crippen molar-refractivity contribution in [3.05, 3.63) is 99.1 Å². The van der Waals surface area contributed by atoms with Crippen LogP contribution in [0.5, 0.6) is 0 Å². The number of rotatable bonds is 9. The summed E-state index contributed by atoms with van der Waals surface area (Å²) in [5.74, 6) is -0.235. The van der Waals surface area contributed by atoms with E-state index in [2.05, 4.69) is 4.98 Å². The topological polar surface area (TPSA) is 98.3 Å². The Morgan fingerprint density at radius 2 is 1.87 bits per heavy atom. The molecule has 0 aliphatic carbocycles. The highest BCUT2D eigenvalue weighted by molar-refractivity contribution is 5.92. The van der Waals surface area contributed by atoms with Gasteiger partial charge >= 0.3 is 5.97 Å².